The van der Waals surface area contributed by atoms with E-state index in [0.717, 1.165) is 23.1 Å². The van der Waals surface area contributed by atoms with Crippen molar-refractivity contribution in [3.8, 4) is 0 Å². The van der Waals surface area contributed by atoms with Gasteiger partial charge in [0.1, 0.15) is 0 Å². The number of rotatable bonds is 4. The van der Waals surface area contributed by atoms with Crippen LogP contribution in [0.15, 0.2) is 36.4 Å². The summed E-state index contributed by atoms with van der Waals surface area (Å²) in [6.07, 6.45) is 4.24. The van der Waals surface area contributed by atoms with Gasteiger partial charge in [-0.05, 0) is 24.5 Å². The number of hydrogen-bond donors (Lipinski definition) is 1. The van der Waals surface area contributed by atoms with Crippen LogP contribution < -0.4 is 0 Å². The summed E-state index contributed by atoms with van der Waals surface area (Å²) in [6, 6.07) is 7.57. The van der Waals surface area contributed by atoms with E-state index in [2.05, 4.69) is 0 Å². The fourth-order valence-corrected chi connectivity index (χ4v) is 1.35. The largest absolute Gasteiger partial charge is 0.478 e. The van der Waals surface area contributed by atoms with Gasteiger partial charge in [-0.15, -0.1) is 0 Å². The number of carboxylic acid groups (broad SMARTS) is 1. The molecule has 74 valence electrons. The van der Waals surface area contributed by atoms with Gasteiger partial charge in [-0.2, -0.15) is 0 Å². The topological polar surface area (TPSA) is 37.3 Å². The Labute approximate surface area is 87.8 Å². The number of hydrogen-bond acceptors (Lipinski definition) is 1. The Morgan fingerprint density at radius 3 is 2.79 bits per heavy atom. The van der Waals surface area contributed by atoms with E-state index >= 15 is 0 Å². The fourth-order valence-electron chi connectivity index (χ4n) is 1.12. The average molecular weight is 211 g/mol. The normalized spacial score (nSPS) is 10.6. The summed E-state index contributed by atoms with van der Waals surface area (Å²) < 4.78 is 0. The van der Waals surface area contributed by atoms with Gasteiger partial charge >= 0.3 is 5.97 Å². The molecule has 0 atom stereocenters. The van der Waals surface area contributed by atoms with E-state index < -0.39 is 5.97 Å². The van der Waals surface area contributed by atoms with Crippen molar-refractivity contribution in [2.24, 2.45) is 0 Å². The molecule has 0 bridgehead atoms. The third kappa shape index (κ3) is 3.62. The molecule has 0 amide bonds. The standard InChI is InChI=1S/C11H11ClO2/c12-10-7-3-1-5-9(10)6-2-4-8-11(13)14/h1,3-5,7-8H,2,6H2,(H,13,14)/b8-4+. The second-order valence-corrected chi connectivity index (χ2v) is 3.28. The van der Waals surface area contributed by atoms with Crippen LogP contribution >= 0.6 is 11.6 Å². The second-order valence-electron chi connectivity index (χ2n) is 2.87. The number of halogens is 1. The number of benzene rings is 1. The molecule has 0 aliphatic heterocycles. The molecule has 1 aromatic rings. The molecule has 0 radical (unpaired) electrons. The summed E-state index contributed by atoms with van der Waals surface area (Å²) in [7, 11) is 0. The van der Waals surface area contributed by atoms with E-state index in [0.29, 0.717) is 6.42 Å². The van der Waals surface area contributed by atoms with Crippen molar-refractivity contribution in [1.82, 2.24) is 0 Å². The molecule has 1 aromatic carbocycles. The number of allylic oxidation sites excluding steroid dienone is 1. The van der Waals surface area contributed by atoms with E-state index in [4.69, 9.17) is 16.7 Å². The van der Waals surface area contributed by atoms with Gasteiger partial charge in [0.15, 0.2) is 0 Å². The maximum Gasteiger partial charge on any atom is 0.327 e. The third-order valence-electron chi connectivity index (χ3n) is 1.80. The van der Waals surface area contributed by atoms with Gasteiger partial charge < -0.3 is 5.11 Å². The molecule has 0 unspecified atom stereocenters. The summed E-state index contributed by atoms with van der Waals surface area (Å²) in [5, 5.41) is 9.09. The average Bonchev–Trinajstić information content (AvgIpc) is 2.15. The molecular weight excluding hydrogens is 200 g/mol. The Balaban J connectivity index is 2.46. The van der Waals surface area contributed by atoms with Crippen molar-refractivity contribution < 1.29 is 9.90 Å². The number of aryl methyl sites for hydroxylation is 1. The third-order valence-corrected chi connectivity index (χ3v) is 2.17. The van der Waals surface area contributed by atoms with Gasteiger partial charge in [-0.25, -0.2) is 4.79 Å². The Morgan fingerprint density at radius 1 is 1.43 bits per heavy atom. The Bertz CT molecular complexity index is 345. The minimum atomic E-state index is -0.913. The van der Waals surface area contributed by atoms with Gasteiger partial charge in [0.2, 0.25) is 0 Å². The lowest BCUT2D eigenvalue weighted by atomic mass is 10.1. The van der Waals surface area contributed by atoms with Crippen molar-refractivity contribution in [1.29, 1.82) is 0 Å². The van der Waals surface area contributed by atoms with Crippen LogP contribution in [0.3, 0.4) is 0 Å². The van der Waals surface area contributed by atoms with E-state index in [9.17, 15) is 4.79 Å². The molecule has 1 rings (SSSR count). The lowest BCUT2D eigenvalue weighted by molar-refractivity contribution is -0.131. The second kappa shape index (κ2) is 5.45. The Kier molecular flexibility index (Phi) is 4.20. The Hall–Kier alpha value is -1.28. The number of carbonyl (C=O) groups is 1. The highest BCUT2D eigenvalue weighted by Gasteiger charge is 1.96. The SMILES string of the molecule is O=C(O)/C=C/CCc1ccccc1Cl. The zero-order valence-electron chi connectivity index (χ0n) is 7.61. The van der Waals surface area contributed by atoms with E-state index in [-0.39, 0.29) is 0 Å². The quantitative estimate of drug-likeness (QED) is 0.776. The smallest absolute Gasteiger partial charge is 0.327 e. The van der Waals surface area contributed by atoms with Crippen LogP contribution in [-0.4, -0.2) is 11.1 Å². The maximum atomic E-state index is 10.2. The van der Waals surface area contributed by atoms with Gasteiger partial charge in [0.05, 0.1) is 0 Å². The molecule has 14 heavy (non-hydrogen) atoms. The van der Waals surface area contributed by atoms with Crippen molar-refractivity contribution >= 4 is 17.6 Å². The number of carboxylic acids is 1. The zero-order chi connectivity index (χ0) is 10.4. The molecule has 1 N–H and O–H groups in total. The highest BCUT2D eigenvalue weighted by Crippen LogP contribution is 2.16. The zero-order valence-corrected chi connectivity index (χ0v) is 8.37. The molecule has 0 spiro atoms. The van der Waals surface area contributed by atoms with Crippen LogP contribution in [0.4, 0.5) is 0 Å². The summed E-state index contributed by atoms with van der Waals surface area (Å²) in [4.78, 5) is 10.2. The first-order valence-corrected chi connectivity index (χ1v) is 4.71. The van der Waals surface area contributed by atoms with Crippen molar-refractivity contribution in [3.63, 3.8) is 0 Å². The van der Waals surface area contributed by atoms with Gasteiger partial charge in [-0.1, -0.05) is 35.9 Å². The van der Waals surface area contributed by atoms with Gasteiger partial charge in [0, 0.05) is 11.1 Å². The highest BCUT2D eigenvalue weighted by molar-refractivity contribution is 6.31. The summed E-state index contributed by atoms with van der Waals surface area (Å²) >= 11 is 5.93. The molecule has 0 fully saturated rings. The molecular formula is C11H11ClO2. The first-order valence-electron chi connectivity index (χ1n) is 4.33. The molecule has 2 nitrogen and oxygen atoms in total. The summed E-state index contributed by atoms with van der Waals surface area (Å²) in [5.41, 5.74) is 1.05. The van der Waals surface area contributed by atoms with Crippen LogP contribution in [0, 0.1) is 0 Å². The molecule has 0 aliphatic rings. The van der Waals surface area contributed by atoms with Gasteiger partial charge in [0.25, 0.3) is 0 Å². The Morgan fingerprint density at radius 2 is 2.14 bits per heavy atom. The van der Waals surface area contributed by atoms with E-state index in [1.807, 2.05) is 24.3 Å². The predicted molar refractivity (Wildman–Crippen MR) is 56.5 cm³/mol. The summed E-state index contributed by atoms with van der Waals surface area (Å²) in [5.74, 6) is -0.913. The van der Waals surface area contributed by atoms with Gasteiger partial charge in [-0.3, -0.25) is 0 Å². The first kappa shape index (κ1) is 10.8. The fraction of sp³-hybridized carbons (Fsp3) is 0.182. The molecule has 0 aliphatic carbocycles. The van der Waals surface area contributed by atoms with Crippen LogP contribution in [-0.2, 0) is 11.2 Å². The predicted octanol–water partition coefficient (Wildman–Crippen LogP) is 2.91. The molecule has 0 aromatic heterocycles. The highest BCUT2D eigenvalue weighted by atomic mass is 35.5. The maximum absolute atomic E-state index is 10.2. The number of aliphatic carboxylic acids is 1. The van der Waals surface area contributed by atoms with Crippen molar-refractivity contribution in [3.05, 3.63) is 47.0 Å². The minimum Gasteiger partial charge on any atom is -0.478 e. The van der Waals surface area contributed by atoms with Crippen LogP contribution in [0.2, 0.25) is 5.02 Å². The van der Waals surface area contributed by atoms with Crippen LogP contribution in [0.1, 0.15) is 12.0 Å². The van der Waals surface area contributed by atoms with E-state index in [1.165, 1.54) is 0 Å². The van der Waals surface area contributed by atoms with E-state index in [1.54, 1.807) is 6.08 Å². The van der Waals surface area contributed by atoms with Crippen LogP contribution in [0.5, 0.6) is 0 Å². The lowest BCUT2D eigenvalue weighted by Crippen LogP contribution is -1.88. The monoisotopic (exact) mass is 210 g/mol. The molecule has 0 heterocycles. The minimum absolute atomic E-state index is 0.691. The first-order chi connectivity index (χ1) is 6.70. The molecule has 0 saturated heterocycles. The summed E-state index contributed by atoms with van der Waals surface area (Å²) in [6.45, 7) is 0. The van der Waals surface area contributed by atoms with Crippen molar-refractivity contribution in [2.75, 3.05) is 0 Å². The van der Waals surface area contributed by atoms with Crippen molar-refractivity contribution in [2.45, 2.75) is 12.8 Å². The molecule has 3 heteroatoms. The lowest BCUT2D eigenvalue weighted by Gasteiger charge is -2.00. The van der Waals surface area contributed by atoms with Crippen LogP contribution in [0.25, 0.3) is 0 Å². The molecule has 0 saturated carbocycles.